The second-order valence-electron chi connectivity index (χ2n) is 6.33. The van der Waals surface area contributed by atoms with Crippen LogP contribution in [0.25, 0.3) is 0 Å². The summed E-state index contributed by atoms with van der Waals surface area (Å²) < 4.78 is 0. The Morgan fingerprint density at radius 1 is 1.40 bits per heavy atom. The predicted molar refractivity (Wildman–Crippen MR) is 87.2 cm³/mol. The first-order valence-corrected chi connectivity index (χ1v) is 8.15. The lowest BCUT2D eigenvalue weighted by molar-refractivity contribution is 0.118. The van der Waals surface area contributed by atoms with Gasteiger partial charge < -0.3 is 10.2 Å². The van der Waals surface area contributed by atoms with Gasteiger partial charge in [0.25, 0.3) is 0 Å². The Morgan fingerprint density at radius 2 is 2.25 bits per heavy atom. The van der Waals surface area contributed by atoms with Crippen molar-refractivity contribution in [3.63, 3.8) is 0 Å². The summed E-state index contributed by atoms with van der Waals surface area (Å²) in [7, 11) is 2.23. The zero-order valence-electron chi connectivity index (χ0n) is 12.8. The Hall–Kier alpha value is -0.570. The Kier molecular flexibility index (Phi) is 5.88. The molecule has 0 amide bonds. The molecule has 0 aromatic heterocycles. The van der Waals surface area contributed by atoms with Gasteiger partial charge >= 0.3 is 0 Å². The molecule has 0 spiro atoms. The first kappa shape index (κ1) is 15.8. The van der Waals surface area contributed by atoms with Crippen LogP contribution < -0.4 is 5.32 Å². The summed E-state index contributed by atoms with van der Waals surface area (Å²) in [5.41, 5.74) is 1.76. The van der Waals surface area contributed by atoms with E-state index in [1.54, 1.807) is 0 Å². The van der Waals surface area contributed by atoms with Gasteiger partial charge in [0.05, 0.1) is 0 Å². The maximum absolute atomic E-state index is 6.07. The highest BCUT2D eigenvalue weighted by Gasteiger charge is 2.32. The van der Waals surface area contributed by atoms with E-state index in [0.29, 0.717) is 5.41 Å². The van der Waals surface area contributed by atoms with Crippen LogP contribution in [0, 0.1) is 5.41 Å². The Labute approximate surface area is 128 Å². The fourth-order valence-electron chi connectivity index (χ4n) is 3.56. The maximum atomic E-state index is 6.07. The third kappa shape index (κ3) is 4.47. The molecule has 1 aromatic rings. The molecule has 0 saturated carbocycles. The van der Waals surface area contributed by atoms with Crippen molar-refractivity contribution in [1.82, 2.24) is 10.2 Å². The van der Waals surface area contributed by atoms with Gasteiger partial charge in [-0.25, -0.2) is 0 Å². The number of hydrogen-bond acceptors (Lipinski definition) is 2. The van der Waals surface area contributed by atoms with Crippen molar-refractivity contribution in [2.45, 2.75) is 39.2 Å². The summed E-state index contributed by atoms with van der Waals surface area (Å²) in [6.45, 7) is 6.80. The SMILES string of the molecule is CCCC1(CN(C)Cc2cccc(Cl)c2)CCCNC1. The van der Waals surface area contributed by atoms with Gasteiger partial charge in [-0.1, -0.05) is 37.1 Å². The van der Waals surface area contributed by atoms with Crippen LogP contribution >= 0.6 is 11.6 Å². The molecule has 1 atom stereocenters. The number of piperidine rings is 1. The predicted octanol–water partition coefficient (Wildman–Crippen LogP) is 3.94. The van der Waals surface area contributed by atoms with E-state index in [9.17, 15) is 0 Å². The second kappa shape index (κ2) is 7.44. The first-order valence-electron chi connectivity index (χ1n) is 7.77. The van der Waals surface area contributed by atoms with Crippen molar-refractivity contribution in [2.75, 3.05) is 26.7 Å². The molecule has 1 aliphatic rings. The molecule has 20 heavy (non-hydrogen) atoms. The normalized spacial score (nSPS) is 23.2. The summed E-state index contributed by atoms with van der Waals surface area (Å²) in [5.74, 6) is 0. The average molecular weight is 295 g/mol. The molecule has 0 aliphatic carbocycles. The summed E-state index contributed by atoms with van der Waals surface area (Å²) >= 11 is 6.07. The summed E-state index contributed by atoms with van der Waals surface area (Å²) in [5, 5.41) is 4.42. The van der Waals surface area contributed by atoms with Crippen LogP contribution in [0.4, 0.5) is 0 Å². The van der Waals surface area contributed by atoms with Crippen molar-refractivity contribution in [3.05, 3.63) is 34.9 Å². The molecule has 2 rings (SSSR count). The minimum absolute atomic E-state index is 0.459. The number of halogens is 1. The van der Waals surface area contributed by atoms with E-state index in [-0.39, 0.29) is 0 Å². The lowest BCUT2D eigenvalue weighted by Crippen LogP contribution is -2.46. The van der Waals surface area contributed by atoms with Crippen molar-refractivity contribution in [3.8, 4) is 0 Å². The Bertz CT molecular complexity index is 408. The van der Waals surface area contributed by atoms with Crippen molar-refractivity contribution >= 4 is 11.6 Å². The minimum Gasteiger partial charge on any atom is -0.316 e. The van der Waals surface area contributed by atoms with E-state index in [1.807, 2.05) is 12.1 Å². The number of nitrogens with zero attached hydrogens (tertiary/aromatic N) is 1. The molecule has 1 aromatic carbocycles. The minimum atomic E-state index is 0.459. The lowest BCUT2D eigenvalue weighted by Gasteiger charge is -2.40. The molecular formula is C17H27ClN2. The molecule has 112 valence electrons. The number of rotatable bonds is 6. The molecule has 1 unspecified atom stereocenters. The van der Waals surface area contributed by atoms with Crippen LogP contribution in [0.2, 0.25) is 5.02 Å². The van der Waals surface area contributed by atoms with Crippen LogP contribution in [0.1, 0.15) is 38.2 Å². The Morgan fingerprint density at radius 3 is 2.90 bits per heavy atom. The van der Waals surface area contributed by atoms with Crippen LogP contribution in [-0.4, -0.2) is 31.6 Å². The standard InChI is InChI=1S/C17H27ClN2/c1-3-8-17(9-5-10-19-13-17)14-20(2)12-15-6-4-7-16(18)11-15/h4,6-7,11,19H,3,5,8-10,12-14H2,1-2H3. The molecule has 1 aliphatic heterocycles. The fourth-order valence-corrected chi connectivity index (χ4v) is 3.78. The van der Waals surface area contributed by atoms with Gasteiger partial charge in [0.2, 0.25) is 0 Å². The lowest BCUT2D eigenvalue weighted by atomic mass is 9.76. The third-order valence-electron chi connectivity index (χ3n) is 4.29. The van der Waals surface area contributed by atoms with Gasteiger partial charge in [0.15, 0.2) is 0 Å². The van der Waals surface area contributed by atoms with Crippen molar-refractivity contribution in [1.29, 1.82) is 0 Å². The van der Waals surface area contributed by atoms with Crippen LogP contribution in [0.15, 0.2) is 24.3 Å². The number of benzene rings is 1. The highest BCUT2D eigenvalue weighted by atomic mass is 35.5. The fraction of sp³-hybridized carbons (Fsp3) is 0.647. The highest BCUT2D eigenvalue weighted by molar-refractivity contribution is 6.30. The zero-order chi connectivity index (χ0) is 14.4. The van der Waals surface area contributed by atoms with Crippen LogP contribution in [-0.2, 0) is 6.54 Å². The van der Waals surface area contributed by atoms with Gasteiger partial charge in [0.1, 0.15) is 0 Å². The number of hydrogen-bond donors (Lipinski definition) is 1. The van der Waals surface area contributed by atoms with Gasteiger partial charge in [-0.05, 0) is 56.0 Å². The maximum Gasteiger partial charge on any atom is 0.0409 e. The molecule has 1 saturated heterocycles. The highest BCUT2D eigenvalue weighted by Crippen LogP contribution is 2.32. The molecular weight excluding hydrogens is 268 g/mol. The molecule has 3 heteroatoms. The molecule has 1 N–H and O–H groups in total. The van der Waals surface area contributed by atoms with E-state index in [0.717, 1.165) is 11.6 Å². The smallest absolute Gasteiger partial charge is 0.0409 e. The zero-order valence-corrected chi connectivity index (χ0v) is 13.5. The summed E-state index contributed by atoms with van der Waals surface area (Å²) in [4.78, 5) is 2.45. The summed E-state index contributed by atoms with van der Waals surface area (Å²) in [6, 6.07) is 8.21. The van der Waals surface area contributed by atoms with Crippen molar-refractivity contribution < 1.29 is 0 Å². The van der Waals surface area contributed by atoms with Gasteiger partial charge in [0, 0.05) is 24.7 Å². The van der Waals surface area contributed by atoms with E-state index in [4.69, 9.17) is 11.6 Å². The molecule has 0 bridgehead atoms. The third-order valence-corrected chi connectivity index (χ3v) is 4.52. The van der Waals surface area contributed by atoms with Gasteiger partial charge in [-0.15, -0.1) is 0 Å². The molecule has 1 fully saturated rings. The number of nitrogens with one attached hydrogen (secondary N) is 1. The second-order valence-corrected chi connectivity index (χ2v) is 6.77. The molecule has 2 nitrogen and oxygen atoms in total. The quantitative estimate of drug-likeness (QED) is 0.855. The first-order chi connectivity index (χ1) is 9.63. The van der Waals surface area contributed by atoms with Gasteiger partial charge in [-0.3, -0.25) is 0 Å². The van der Waals surface area contributed by atoms with Crippen LogP contribution in [0.3, 0.4) is 0 Å². The molecule has 1 heterocycles. The van der Waals surface area contributed by atoms with Crippen molar-refractivity contribution in [2.24, 2.45) is 5.41 Å². The Balaban J connectivity index is 1.95. The van der Waals surface area contributed by atoms with Crippen LogP contribution in [0.5, 0.6) is 0 Å². The van der Waals surface area contributed by atoms with E-state index >= 15 is 0 Å². The largest absolute Gasteiger partial charge is 0.316 e. The molecule has 0 radical (unpaired) electrons. The average Bonchev–Trinajstić information content (AvgIpc) is 2.39. The van der Waals surface area contributed by atoms with Gasteiger partial charge in [-0.2, -0.15) is 0 Å². The topological polar surface area (TPSA) is 15.3 Å². The monoisotopic (exact) mass is 294 g/mol. The summed E-state index contributed by atoms with van der Waals surface area (Å²) in [6.07, 6.45) is 5.26. The van der Waals surface area contributed by atoms with E-state index in [1.165, 1.54) is 50.9 Å². The van der Waals surface area contributed by atoms with E-state index < -0.39 is 0 Å². The van der Waals surface area contributed by atoms with E-state index in [2.05, 4.69) is 36.3 Å².